The predicted molar refractivity (Wildman–Crippen MR) is 63.8 cm³/mol. The van der Waals surface area contributed by atoms with Crippen LogP contribution in [-0.2, 0) is 6.54 Å². The fraction of sp³-hybridized carbons (Fsp3) is 0.231. The van der Waals surface area contributed by atoms with Gasteiger partial charge in [0.1, 0.15) is 0 Å². The van der Waals surface area contributed by atoms with E-state index in [9.17, 15) is 18.4 Å². The molecule has 0 aliphatic carbocycles. The number of aromatic nitrogens is 1. The van der Waals surface area contributed by atoms with Crippen LogP contribution in [0.2, 0.25) is 0 Å². The Morgan fingerprint density at radius 3 is 2.44 bits per heavy atom. The Kier molecular flexibility index (Phi) is 2.98. The van der Waals surface area contributed by atoms with Crippen LogP contribution in [0.4, 0.5) is 8.78 Å². The first kappa shape index (κ1) is 12.4. The van der Waals surface area contributed by atoms with Crippen molar-refractivity contribution < 1.29 is 13.6 Å². The maximum atomic E-state index is 13.2. The average molecular weight is 251 g/mol. The van der Waals surface area contributed by atoms with Gasteiger partial charge >= 0.3 is 0 Å². The highest BCUT2D eigenvalue weighted by atomic mass is 19.2. The third-order valence-corrected chi connectivity index (χ3v) is 2.84. The molecule has 1 heterocycles. The van der Waals surface area contributed by atoms with Crippen LogP contribution in [0, 0.1) is 11.6 Å². The summed E-state index contributed by atoms with van der Waals surface area (Å²) in [5.74, 6) is -2.50. The number of hydrogen-bond acceptors (Lipinski definition) is 2. The molecule has 0 N–H and O–H groups in total. The second kappa shape index (κ2) is 4.33. The molecule has 0 unspecified atom stereocenters. The van der Waals surface area contributed by atoms with Gasteiger partial charge in [-0.15, -0.1) is 0 Å². The van der Waals surface area contributed by atoms with Crippen molar-refractivity contribution in [1.82, 2.24) is 4.57 Å². The number of carbonyl (C=O) groups excluding carboxylic acids is 1. The number of rotatable bonds is 2. The van der Waals surface area contributed by atoms with Gasteiger partial charge in [0.25, 0.3) is 0 Å². The molecule has 0 amide bonds. The van der Waals surface area contributed by atoms with Gasteiger partial charge in [-0.1, -0.05) is 0 Å². The summed E-state index contributed by atoms with van der Waals surface area (Å²) in [6, 6.07) is 1.81. The van der Waals surface area contributed by atoms with Gasteiger partial charge in [0.05, 0.1) is 11.1 Å². The number of carbonyl (C=O) groups is 1. The molecule has 0 aliphatic rings. The Labute approximate surface area is 102 Å². The van der Waals surface area contributed by atoms with E-state index in [2.05, 4.69) is 0 Å². The molecule has 5 heteroatoms. The standard InChI is InChI=1S/C13H11F2NO2/c1-3-16-6-9(7(2)17)13(18)8-4-10(14)11(15)5-12(8)16/h4-6H,3H2,1-2H3. The molecule has 0 bridgehead atoms. The molecule has 0 aliphatic heterocycles. The zero-order chi connectivity index (χ0) is 13.4. The number of halogens is 2. The normalized spacial score (nSPS) is 10.9. The zero-order valence-electron chi connectivity index (χ0n) is 9.96. The summed E-state index contributed by atoms with van der Waals surface area (Å²) in [5, 5.41) is 0.0171. The summed E-state index contributed by atoms with van der Waals surface area (Å²) < 4.78 is 27.9. The highest BCUT2D eigenvalue weighted by Gasteiger charge is 2.14. The highest BCUT2D eigenvalue weighted by molar-refractivity contribution is 5.97. The van der Waals surface area contributed by atoms with Crippen LogP contribution in [0.15, 0.2) is 23.1 Å². The molecule has 0 saturated carbocycles. The molecule has 0 radical (unpaired) electrons. The van der Waals surface area contributed by atoms with Crippen LogP contribution >= 0.6 is 0 Å². The minimum Gasteiger partial charge on any atom is -0.347 e. The molecule has 94 valence electrons. The first-order valence-corrected chi connectivity index (χ1v) is 5.48. The molecule has 3 nitrogen and oxygen atoms in total. The van der Waals surface area contributed by atoms with Crippen molar-refractivity contribution in [2.75, 3.05) is 0 Å². The Morgan fingerprint density at radius 2 is 1.89 bits per heavy atom. The van der Waals surface area contributed by atoms with Crippen LogP contribution in [0.5, 0.6) is 0 Å². The lowest BCUT2D eigenvalue weighted by Crippen LogP contribution is -2.18. The predicted octanol–water partition coefficient (Wildman–Crippen LogP) is 2.50. The van der Waals surface area contributed by atoms with Gasteiger partial charge in [-0.2, -0.15) is 0 Å². The topological polar surface area (TPSA) is 39.1 Å². The van der Waals surface area contributed by atoms with E-state index < -0.39 is 22.8 Å². The Balaban J connectivity index is 2.99. The smallest absolute Gasteiger partial charge is 0.200 e. The summed E-state index contributed by atoms with van der Waals surface area (Å²) in [7, 11) is 0. The summed E-state index contributed by atoms with van der Waals surface area (Å²) in [4.78, 5) is 23.3. The third-order valence-electron chi connectivity index (χ3n) is 2.84. The fourth-order valence-corrected chi connectivity index (χ4v) is 1.90. The van der Waals surface area contributed by atoms with Crippen molar-refractivity contribution in [2.45, 2.75) is 20.4 Å². The molecule has 0 atom stereocenters. The SMILES string of the molecule is CCn1cc(C(C)=O)c(=O)c2cc(F)c(F)cc21. The molecule has 2 rings (SSSR count). The summed E-state index contributed by atoms with van der Waals surface area (Å²) >= 11 is 0. The average Bonchev–Trinajstić information content (AvgIpc) is 2.32. The van der Waals surface area contributed by atoms with Gasteiger partial charge in [-0.3, -0.25) is 9.59 Å². The lowest BCUT2D eigenvalue weighted by molar-refractivity contribution is 0.101. The minimum absolute atomic E-state index is 0.0171. The van der Waals surface area contributed by atoms with Gasteiger partial charge in [-0.05, 0) is 19.9 Å². The lowest BCUT2D eigenvalue weighted by Gasteiger charge is -2.10. The number of benzene rings is 1. The van der Waals surface area contributed by atoms with Crippen molar-refractivity contribution >= 4 is 16.7 Å². The van der Waals surface area contributed by atoms with Gasteiger partial charge in [0.15, 0.2) is 22.8 Å². The monoisotopic (exact) mass is 251 g/mol. The number of Topliss-reactive ketones (excluding diaryl/α,β-unsaturated/α-hetero) is 1. The Morgan fingerprint density at radius 1 is 1.28 bits per heavy atom. The molecule has 0 saturated heterocycles. The van der Waals surface area contributed by atoms with Crippen molar-refractivity contribution in [1.29, 1.82) is 0 Å². The summed E-state index contributed by atoms with van der Waals surface area (Å²) in [5.41, 5.74) is -0.303. The minimum atomic E-state index is -1.09. The first-order chi connectivity index (χ1) is 8.45. The lowest BCUT2D eigenvalue weighted by atomic mass is 10.1. The molecular formula is C13H11F2NO2. The molecular weight excluding hydrogens is 240 g/mol. The van der Waals surface area contributed by atoms with Crippen LogP contribution in [0.3, 0.4) is 0 Å². The highest BCUT2D eigenvalue weighted by Crippen LogP contribution is 2.17. The number of aryl methyl sites for hydroxylation is 1. The quantitative estimate of drug-likeness (QED) is 0.769. The van der Waals surface area contributed by atoms with Crippen LogP contribution in [0.25, 0.3) is 10.9 Å². The second-order valence-electron chi connectivity index (χ2n) is 4.00. The molecule has 1 aromatic heterocycles. The van der Waals surface area contributed by atoms with Crippen molar-refractivity contribution in [3.8, 4) is 0 Å². The van der Waals surface area contributed by atoms with E-state index in [0.29, 0.717) is 6.54 Å². The molecule has 0 fully saturated rings. The van der Waals surface area contributed by atoms with E-state index in [1.807, 2.05) is 0 Å². The van der Waals surface area contributed by atoms with Gasteiger partial charge in [0, 0.05) is 24.2 Å². The molecule has 2 aromatic rings. The van der Waals surface area contributed by atoms with E-state index in [1.54, 1.807) is 11.5 Å². The second-order valence-corrected chi connectivity index (χ2v) is 4.00. The number of pyridine rings is 1. The molecule has 0 spiro atoms. The van der Waals surface area contributed by atoms with Gasteiger partial charge in [-0.25, -0.2) is 8.78 Å². The Hall–Kier alpha value is -2.04. The third kappa shape index (κ3) is 1.81. The number of nitrogens with zero attached hydrogens (tertiary/aromatic N) is 1. The van der Waals surface area contributed by atoms with Crippen molar-refractivity contribution in [3.05, 3.63) is 45.8 Å². The largest absolute Gasteiger partial charge is 0.347 e. The molecule has 18 heavy (non-hydrogen) atoms. The van der Waals surface area contributed by atoms with Crippen molar-refractivity contribution in [2.24, 2.45) is 0 Å². The summed E-state index contributed by atoms with van der Waals surface area (Å²) in [6.45, 7) is 3.50. The van der Waals surface area contributed by atoms with Crippen LogP contribution < -0.4 is 5.43 Å². The molecule has 1 aromatic carbocycles. The van der Waals surface area contributed by atoms with Crippen LogP contribution in [-0.4, -0.2) is 10.4 Å². The van der Waals surface area contributed by atoms with Gasteiger partial charge < -0.3 is 4.57 Å². The zero-order valence-corrected chi connectivity index (χ0v) is 9.96. The Bertz CT molecular complexity index is 704. The number of hydrogen-bond donors (Lipinski definition) is 0. The van der Waals surface area contributed by atoms with E-state index in [0.717, 1.165) is 12.1 Å². The first-order valence-electron chi connectivity index (χ1n) is 5.48. The van der Waals surface area contributed by atoms with E-state index in [1.165, 1.54) is 13.1 Å². The van der Waals surface area contributed by atoms with E-state index in [4.69, 9.17) is 0 Å². The van der Waals surface area contributed by atoms with E-state index >= 15 is 0 Å². The number of fused-ring (bicyclic) bond motifs is 1. The van der Waals surface area contributed by atoms with E-state index in [-0.39, 0.29) is 16.5 Å². The number of ketones is 1. The van der Waals surface area contributed by atoms with Crippen molar-refractivity contribution in [3.63, 3.8) is 0 Å². The maximum absolute atomic E-state index is 13.2. The van der Waals surface area contributed by atoms with Gasteiger partial charge in [0.2, 0.25) is 0 Å². The summed E-state index contributed by atoms with van der Waals surface area (Å²) in [6.07, 6.45) is 1.38. The van der Waals surface area contributed by atoms with Crippen LogP contribution in [0.1, 0.15) is 24.2 Å². The fourth-order valence-electron chi connectivity index (χ4n) is 1.90. The maximum Gasteiger partial charge on any atom is 0.200 e.